The van der Waals surface area contributed by atoms with E-state index in [2.05, 4.69) is 10.4 Å². The van der Waals surface area contributed by atoms with Gasteiger partial charge >= 0.3 is 0 Å². The van der Waals surface area contributed by atoms with Crippen molar-refractivity contribution in [2.45, 2.75) is 19.5 Å². The number of carbonyl (C=O) groups excluding carboxylic acids is 1. The maximum absolute atomic E-state index is 13.6. The fourth-order valence-corrected chi connectivity index (χ4v) is 3.08. The molecule has 1 aromatic carbocycles. The van der Waals surface area contributed by atoms with Crippen LogP contribution in [0, 0.1) is 11.6 Å². The first-order valence-corrected chi connectivity index (χ1v) is 8.69. The molecule has 2 heterocycles. The van der Waals surface area contributed by atoms with Gasteiger partial charge in [-0.25, -0.2) is 13.5 Å². The Morgan fingerprint density at radius 3 is 2.58 bits per heavy atom. The third-order valence-electron chi connectivity index (χ3n) is 3.85. The van der Waals surface area contributed by atoms with E-state index < -0.39 is 29.1 Å². The summed E-state index contributed by atoms with van der Waals surface area (Å²) in [5.74, 6) is -2.05. The second kappa shape index (κ2) is 7.57. The van der Waals surface area contributed by atoms with Gasteiger partial charge in [-0.2, -0.15) is 5.10 Å². The number of benzene rings is 1. The normalized spacial score (nSPS) is 12.0. The van der Waals surface area contributed by atoms with Crippen molar-refractivity contribution in [3.63, 3.8) is 0 Å². The first kappa shape index (κ1) is 17.9. The lowest BCUT2D eigenvalue weighted by Crippen LogP contribution is -2.37. The van der Waals surface area contributed by atoms with Crippen LogP contribution in [0.4, 0.5) is 8.78 Å². The van der Waals surface area contributed by atoms with Crippen molar-refractivity contribution >= 4 is 17.2 Å². The number of halogens is 2. The first-order valence-electron chi connectivity index (χ1n) is 7.81. The van der Waals surface area contributed by atoms with E-state index in [0.29, 0.717) is 5.69 Å². The Morgan fingerprint density at radius 1 is 1.19 bits per heavy atom. The number of nitrogens with one attached hydrogen (secondary N) is 1. The zero-order chi connectivity index (χ0) is 18.7. The average molecular weight is 375 g/mol. The molecule has 5 nitrogen and oxygen atoms in total. The Morgan fingerprint density at radius 2 is 1.92 bits per heavy atom. The molecule has 0 saturated carbocycles. The number of nitrogens with zero attached hydrogens (tertiary/aromatic N) is 2. The standard InChI is InChI=1S/C18H15F2N3O2S/c1-11(18(25)21-10-12-13(19)4-2-5-14(12)20)23-17(24)8-7-15(22-23)16-6-3-9-26-16/h2-9,11H,10H2,1H3,(H,21,25). The summed E-state index contributed by atoms with van der Waals surface area (Å²) in [4.78, 5) is 25.3. The van der Waals surface area contributed by atoms with E-state index >= 15 is 0 Å². The zero-order valence-electron chi connectivity index (χ0n) is 13.8. The molecule has 0 bridgehead atoms. The SMILES string of the molecule is CC(C(=O)NCc1c(F)cccc1F)n1nc(-c2cccs2)ccc1=O. The molecule has 0 aliphatic carbocycles. The Hall–Kier alpha value is -2.87. The number of amides is 1. The Bertz CT molecular complexity index is 966. The third-order valence-corrected chi connectivity index (χ3v) is 4.74. The van der Waals surface area contributed by atoms with E-state index in [0.717, 1.165) is 21.7 Å². The van der Waals surface area contributed by atoms with Gasteiger partial charge in [0.15, 0.2) is 0 Å². The molecule has 8 heteroatoms. The Labute approximate surface area is 151 Å². The second-order valence-electron chi connectivity index (χ2n) is 5.57. The van der Waals surface area contributed by atoms with E-state index in [9.17, 15) is 18.4 Å². The average Bonchev–Trinajstić information content (AvgIpc) is 3.15. The quantitative estimate of drug-likeness (QED) is 0.745. The predicted molar refractivity (Wildman–Crippen MR) is 94.7 cm³/mol. The molecule has 3 rings (SSSR count). The van der Waals surface area contributed by atoms with E-state index in [4.69, 9.17) is 0 Å². The van der Waals surface area contributed by atoms with E-state index in [1.54, 1.807) is 6.07 Å². The van der Waals surface area contributed by atoms with Gasteiger partial charge in [0.05, 0.1) is 4.88 Å². The summed E-state index contributed by atoms with van der Waals surface area (Å²) in [5, 5.41) is 8.56. The fourth-order valence-electron chi connectivity index (χ4n) is 2.39. The van der Waals surface area contributed by atoms with Crippen molar-refractivity contribution in [3.8, 4) is 10.6 Å². The lowest BCUT2D eigenvalue weighted by atomic mass is 10.2. The van der Waals surface area contributed by atoms with E-state index in [1.165, 1.54) is 30.4 Å². The summed E-state index contributed by atoms with van der Waals surface area (Å²) in [7, 11) is 0. The zero-order valence-corrected chi connectivity index (χ0v) is 14.6. The van der Waals surface area contributed by atoms with Gasteiger partial charge in [0, 0.05) is 18.2 Å². The molecule has 1 N–H and O–H groups in total. The van der Waals surface area contributed by atoms with Gasteiger partial charge in [-0.3, -0.25) is 9.59 Å². The maximum atomic E-state index is 13.6. The highest BCUT2D eigenvalue weighted by molar-refractivity contribution is 7.13. The second-order valence-corrected chi connectivity index (χ2v) is 6.52. The van der Waals surface area contributed by atoms with E-state index in [-0.39, 0.29) is 12.1 Å². The van der Waals surface area contributed by atoms with Crippen LogP contribution < -0.4 is 10.9 Å². The lowest BCUT2D eigenvalue weighted by Gasteiger charge is -2.15. The van der Waals surface area contributed by atoms with Crippen LogP contribution in [0.15, 0.2) is 52.6 Å². The van der Waals surface area contributed by atoms with Gasteiger partial charge in [-0.1, -0.05) is 12.1 Å². The van der Waals surface area contributed by atoms with Crippen molar-refractivity contribution in [3.05, 3.63) is 75.4 Å². The summed E-state index contributed by atoms with van der Waals surface area (Å²) in [6, 6.07) is 9.18. The molecule has 0 fully saturated rings. The number of hydrogen-bond donors (Lipinski definition) is 1. The summed E-state index contributed by atoms with van der Waals surface area (Å²) >= 11 is 1.46. The van der Waals surface area contributed by atoms with Crippen LogP contribution in [0.5, 0.6) is 0 Å². The van der Waals surface area contributed by atoms with Crippen LogP contribution in [0.25, 0.3) is 10.6 Å². The molecule has 1 unspecified atom stereocenters. The van der Waals surface area contributed by atoms with Crippen molar-refractivity contribution in [2.75, 3.05) is 0 Å². The summed E-state index contributed by atoms with van der Waals surface area (Å²) in [6.45, 7) is 1.18. The molecule has 0 aliphatic heterocycles. The third kappa shape index (κ3) is 3.70. The molecule has 0 aliphatic rings. The number of hydrogen-bond acceptors (Lipinski definition) is 4. The largest absolute Gasteiger partial charge is 0.350 e. The molecule has 2 aromatic heterocycles. The summed E-state index contributed by atoms with van der Waals surface area (Å²) in [5.41, 5.74) is -0.106. The van der Waals surface area contributed by atoms with Crippen LogP contribution in [0.1, 0.15) is 18.5 Å². The Balaban J connectivity index is 1.78. The molecule has 0 saturated heterocycles. The van der Waals surface area contributed by atoms with Crippen LogP contribution in [0.3, 0.4) is 0 Å². The highest BCUT2D eigenvalue weighted by Crippen LogP contribution is 2.21. The van der Waals surface area contributed by atoms with Gasteiger partial charge in [0.2, 0.25) is 5.91 Å². The molecular formula is C18H15F2N3O2S. The number of aromatic nitrogens is 2. The smallest absolute Gasteiger partial charge is 0.267 e. The van der Waals surface area contributed by atoms with Gasteiger partial charge in [-0.05, 0) is 36.6 Å². The molecule has 0 radical (unpaired) electrons. The molecule has 134 valence electrons. The van der Waals surface area contributed by atoms with Gasteiger partial charge in [0.25, 0.3) is 5.56 Å². The highest BCUT2D eigenvalue weighted by Gasteiger charge is 2.19. The van der Waals surface area contributed by atoms with Crippen LogP contribution in [-0.4, -0.2) is 15.7 Å². The van der Waals surface area contributed by atoms with Crippen molar-refractivity contribution in [1.82, 2.24) is 15.1 Å². The van der Waals surface area contributed by atoms with Gasteiger partial charge in [-0.15, -0.1) is 11.3 Å². The monoisotopic (exact) mass is 375 g/mol. The minimum atomic E-state index is -0.933. The van der Waals surface area contributed by atoms with Crippen molar-refractivity contribution in [1.29, 1.82) is 0 Å². The Kier molecular flexibility index (Phi) is 5.22. The summed E-state index contributed by atoms with van der Waals surface area (Å²) < 4.78 is 28.3. The van der Waals surface area contributed by atoms with Crippen LogP contribution in [-0.2, 0) is 11.3 Å². The maximum Gasteiger partial charge on any atom is 0.267 e. The molecule has 26 heavy (non-hydrogen) atoms. The fraction of sp³-hybridized carbons (Fsp3) is 0.167. The van der Waals surface area contributed by atoms with Gasteiger partial charge < -0.3 is 5.32 Å². The predicted octanol–water partition coefficient (Wildman–Crippen LogP) is 3.13. The van der Waals surface area contributed by atoms with Crippen LogP contribution in [0.2, 0.25) is 0 Å². The van der Waals surface area contributed by atoms with E-state index in [1.807, 2.05) is 17.5 Å². The molecule has 1 atom stereocenters. The number of thiophene rings is 1. The molecule has 3 aromatic rings. The van der Waals surface area contributed by atoms with Crippen molar-refractivity contribution in [2.24, 2.45) is 0 Å². The molecule has 1 amide bonds. The number of carbonyl (C=O) groups is 1. The van der Waals surface area contributed by atoms with Crippen molar-refractivity contribution < 1.29 is 13.6 Å². The number of rotatable bonds is 5. The minimum absolute atomic E-state index is 0.235. The minimum Gasteiger partial charge on any atom is -0.350 e. The first-order chi connectivity index (χ1) is 12.5. The topological polar surface area (TPSA) is 64.0 Å². The summed E-state index contributed by atoms with van der Waals surface area (Å²) in [6.07, 6.45) is 0. The highest BCUT2D eigenvalue weighted by atomic mass is 32.1. The molecular weight excluding hydrogens is 360 g/mol. The van der Waals surface area contributed by atoms with Gasteiger partial charge in [0.1, 0.15) is 23.4 Å². The molecule has 0 spiro atoms. The van der Waals surface area contributed by atoms with Crippen LogP contribution >= 0.6 is 11.3 Å². The lowest BCUT2D eigenvalue weighted by molar-refractivity contribution is -0.124.